The molecule has 150 valence electrons. The highest BCUT2D eigenvalue weighted by Crippen LogP contribution is 2.56. The predicted molar refractivity (Wildman–Crippen MR) is 109 cm³/mol. The minimum atomic E-state index is -0.283. The Morgan fingerprint density at radius 2 is 2.14 bits per heavy atom. The molecule has 6 heteroatoms. The van der Waals surface area contributed by atoms with Gasteiger partial charge in [-0.1, -0.05) is 12.1 Å². The lowest BCUT2D eigenvalue weighted by Gasteiger charge is -2.58. The second-order valence-electron chi connectivity index (χ2n) is 9.13. The first kappa shape index (κ1) is 18.4. The summed E-state index contributed by atoms with van der Waals surface area (Å²) in [6.07, 6.45) is 1.22. The van der Waals surface area contributed by atoms with E-state index in [0.717, 1.165) is 49.7 Å². The van der Waals surface area contributed by atoms with Crippen molar-refractivity contribution in [1.29, 1.82) is 0 Å². The van der Waals surface area contributed by atoms with Crippen LogP contribution in [-0.2, 0) is 11.3 Å². The molecule has 5 rings (SSSR count). The Kier molecular flexibility index (Phi) is 4.23. The van der Waals surface area contributed by atoms with E-state index in [1.54, 1.807) is 18.4 Å². The fourth-order valence-electron chi connectivity index (χ4n) is 5.21. The Balaban J connectivity index is 1.34. The largest absolute Gasteiger partial charge is 0.493 e. The number of aromatic nitrogens is 1. The summed E-state index contributed by atoms with van der Waals surface area (Å²) in [5, 5.41) is 0. The van der Waals surface area contributed by atoms with E-state index in [-0.39, 0.29) is 17.1 Å². The molecule has 0 radical (unpaired) electrons. The number of benzene rings is 1. The maximum atomic E-state index is 6.54. The van der Waals surface area contributed by atoms with Crippen molar-refractivity contribution in [2.45, 2.75) is 45.4 Å². The summed E-state index contributed by atoms with van der Waals surface area (Å²) in [6.45, 7) is 10.5. The highest BCUT2D eigenvalue weighted by molar-refractivity contribution is 7.09. The van der Waals surface area contributed by atoms with Crippen LogP contribution in [-0.4, -0.2) is 42.3 Å². The molecule has 2 aromatic rings. The van der Waals surface area contributed by atoms with Gasteiger partial charge in [0.1, 0.15) is 5.60 Å². The molecule has 0 saturated carbocycles. The van der Waals surface area contributed by atoms with Gasteiger partial charge < -0.3 is 14.2 Å². The molecular formula is C22H28N2O3S. The Labute approximate surface area is 170 Å². The second-order valence-corrected chi connectivity index (χ2v) is 10.1. The van der Waals surface area contributed by atoms with Crippen molar-refractivity contribution in [3.05, 3.63) is 39.8 Å². The van der Waals surface area contributed by atoms with E-state index >= 15 is 0 Å². The highest BCUT2D eigenvalue weighted by atomic mass is 32.1. The van der Waals surface area contributed by atoms with Crippen molar-refractivity contribution < 1.29 is 14.2 Å². The lowest BCUT2D eigenvalue weighted by atomic mass is 9.64. The van der Waals surface area contributed by atoms with Crippen LogP contribution in [0.4, 0.5) is 0 Å². The number of methoxy groups -OCH3 is 1. The Hall–Kier alpha value is -1.63. The van der Waals surface area contributed by atoms with Crippen molar-refractivity contribution in [3.63, 3.8) is 0 Å². The quantitative estimate of drug-likeness (QED) is 0.772. The number of para-hydroxylation sites is 1. The number of ether oxygens (including phenoxy) is 3. The highest BCUT2D eigenvalue weighted by Gasteiger charge is 2.56. The number of rotatable bonds is 3. The second kappa shape index (κ2) is 6.44. The summed E-state index contributed by atoms with van der Waals surface area (Å²) >= 11 is 1.76. The third-order valence-electron chi connectivity index (χ3n) is 6.71. The van der Waals surface area contributed by atoms with Gasteiger partial charge in [0.25, 0.3) is 0 Å². The zero-order valence-corrected chi connectivity index (χ0v) is 17.8. The topological polar surface area (TPSA) is 43.8 Å². The third kappa shape index (κ3) is 2.85. The summed E-state index contributed by atoms with van der Waals surface area (Å²) in [7, 11) is 1.70. The summed E-state index contributed by atoms with van der Waals surface area (Å²) in [6, 6.07) is 6.12. The molecule has 1 aromatic carbocycles. The van der Waals surface area contributed by atoms with Crippen LogP contribution in [0.15, 0.2) is 23.7 Å². The summed E-state index contributed by atoms with van der Waals surface area (Å²) in [5.41, 5.74) is 4.21. The van der Waals surface area contributed by atoms with E-state index in [1.807, 2.05) is 17.6 Å². The van der Waals surface area contributed by atoms with Crippen LogP contribution in [0.2, 0.25) is 0 Å². The first-order valence-electron chi connectivity index (χ1n) is 10.00. The average molecular weight is 401 g/mol. The molecule has 0 bridgehead atoms. The number of likely N-dealkylation sites (tertiary alicyclic amines) is 1. The van der Waals surface area contributed by atoms with Gasteiger partial charge in [-0.25, -0.2) is 4.98 Å². The van der Waals surface area contributed by atoms with E-state index in [9.17, 15) is 0 Å². The SMILES string of the molecule is COc1cccc2c1OC(C)(C)[C@H]1CC3(CO[C@H]21)CN(Cc1scnc1C)C3. The van der Waals surface area contributed by atoms with Crippen molar-refractivity contribution in [3.8, 4) is 11.5 Å². The third-order valence-corrected chi connectivity index (χ3v) is 7.63. The molecule has 1 spiro atoms. The van der Waals surface area contributed by atoms with Gasteiger partial charge in [0.2, 0.25) is 0 Å². The van der Waals surface area contributed by atoms with Crippen molar-refractivity contribution in [2.24, 2.45) is 11.3 Å². The van der Waals surface area contributed by atoms with Crippen molar-refractivity contribution in [2.75, 3.05) is 26.8 Å². The molecule has 2 saturated heterocycles. The molecule has 3 aliphatic heterocycles. The standard InChI is InChI=1S/C22H28N2O3S/c1-14-18(28-13-23-14)9-24-10-22(11-24)8-16-19(26-12-22)15-6-5-7-17(25-4)20(15)27-21(16,2)3/h5-7,13,16,19H,8-12H2,1-4H3/t16-,19+/m0/s1. The minimum absolute atomic E-state index is 0.0808. The molecule has 0 unspecified atom stereocenters. The fourth-order valence-corrected chi connectivity index (χ4v) is 6.03. The monoisotopic (exact) mass is 400 g/mol. The molecule has 1 aromatic heterocycles. The maximum Gasteiger partial charge on any atom is 0.167 e. The average Bonchev–Trinajstić information content (AvgIpc) is 3.05. The first-order valence-corrected chi connectivity index (χ1v) is 10.9. The van der Waals surface area contributed by atoms with Crippen LogP contribution in [0.1, 0.15) is 42.5 Å². The van der Waals surface area contributed by atoms with Crippen LogP contribution < -0.4 is 9.47 Å². The number of nitrogens with zero attached hydrogens (tertiary/aromatic N) is 2. The number of fused-ring (bicyclic) bond motifs is 3. The zero-order chi connectivity index (χ0) is 19.5. The molecular weight excluding hydrogens is 372 g/mol. The van der Waals surface area contributed by atoms with E-state index in [4.69, 9.17) is 14.2 Å². The summed E-state index contributed by atoms with van der Waals surface area (Å²) in [4.78, 5) is 8.29. The lowest BCUT2D eigenvalue weighted by Crippen LogP contribution is -2.63. The Morgan fingerprint density at radius 1 is 1.32 bits per heavy atom. The van der Waals surface area contributed by atoms with Crippen LogP contribution in [0, 0.1) is 18.3 Å². The molecule has 0 amide bonds. The van der Waals surface area contributed by atoms with E-state index in [1.165, 1.54) is 10.6 Å². The van der Waals surface area contributed by atoms with Gasteiger partial charge in [0.05, 0.1) is 31.0 Å². The van der Waals surface area contributed by atoms with Crippen LogP contribution in [0.5, 0.6) is 11.5 Å². The number of thiazole rings is 1. The minimum Gasteiger partial charge on any atom is -0.493 e. The van der Waals surface area contributed by atoms with Crippen LogP contribution in [0.25, 0.3) is 0 Å². The molecule has 0 N–H and O–H groups in total. The fraction of sp³-hybridized carbons (Fsp3) is 0.591. The smallest absolute Gasteiger partial charge is 0.167 e. The zero-order valence-electron chi connectivity index (χ0n) is 17.0. The van der Waals surface area contributed by atoms with Gasteiger partial charge >= 0.3 is 0 Å². The Bertz CT molecular complexity index is 888. The van der Waals surface area contributed by atoms with Gasteiger partial charge in [-0.05, 0) is 33.3 Å². The molecule has 2 atom stereocenters. The number of hydrogen-bond acceptors (Lipinski definition) is 6. The summed E-state index contributed by atoms with van der Waals surface area (Å²) in [5.74, 6) is 1.99. The van der Waals surface area contributed by atoms with E-state index in [2.05, 4.69) is 36.7 Å². The van der Waals surface area contributed by atoms with Gasteiger partial charge in [0, 0.05) is 41.4 Å². The van der Waals surface area contributed by atoms with E-state index in [0.29, 0.717) is 5.92 Å². The van der Waals surface area contributed by atoms with Crippen LogP contribution in [0.3, 0.4) is 0 Å². The maximum absolute atomic E-state index is 6.54. The Morgan fingerprint density at radius 3 is 2.86 bits per heavy atom. The molecule has 4 heterocycles. The molecule has 5 nitrogen and oxygen atoms in total. The van der Waals surface area contributed by atoms with Gasteiger partial charge in [-0.3, -0.25) is 4.90 Å². The molecule has 28 heavy (non-hydrogen) atoms. The number of hydrogen-bond donors (Lipinski definition) is 0. The lowest BCUT2D eigenvalue weighted by molar-refractivity contribution is -0.200. The van der Waals surface area contributed by atoms with Crippen molar-refractivity contribution >= 4 is 11.3 Å². The normalized spacial score (nSPS) is 27.4. The summed E-state index contributed by atoms with van der Waals surface area (Å²) < 4.78 is 18.6. The van der Waals surface area contributed by atoms with Crippen LogP contribution >= 0.6 is 11.3 Å². The van der Waals surface area contributed by atoms with Crippen molar-refractivity contribution in [1.82, 2.24) is 9.88 Å². The molecule has 2 fully saturated rings. The first-order chi connectivity index (χ1) is 13.4. The molecule has 3 aliphatic rings. The van der Waals surface area contributed by atoms with Gasteiger partial charge in [-0.15, -0.1) is 11.3 Å². The van der Waals surface area contributed by atoms with E-state index < -0.39 is 0 Å². The van der Waals surface area contributed by atoms with Gasteiger partial charge in [-0.2, -0.15) is 0 Å². The van der Waals surface area contributed by atoms with Gasteiger partial charge in [0.15, 0.2) is 11.5 Å². The predicted octanol–water partition coefficient (Wildman–Crippen LogP) is 4.21. The number of aryl methyl sites for hydroxylation is 1. The molecule has 0 aliphatic carbocycles.